The van der Waals surface area contributed by atoms with Gasteiger partial charge < -0.3 is 38.8 Å². The molecular weight excluding hydrogens is 735 g/mol. The lowest BCUT2D eigenvalue weighted by Crippen LogP contribution is -2.55. The smallest absolute Gasteiger partial charge is 0.257 e. The SMILES string of the molecule is COc1cc2c(cc1OCc1cccc(COc3cc4c(cc3OC)C(=O)N3Cc5ccccc5C[C@H]3C(O)N4C(C)C)n1)N=C[C@@H]1Cc3ccccc3CN1C2=O. The van der Waals surface area contributed by atoms with Crippen LogP contribution in [0.15, 0.2) is 96.0 Å². The van der Waals surface area contributed by atoms with Gasteiger partial charge in [-0.3, -0.25) is 19.6 Å². The molecule has 58 heavy (non-hydrogen) atoms. The van der Waals surface area contributed by atoms with E-state index in [0.29, 0.717) is 82.8 Å². The van der Waals surface area contributed by atoms with Crippen LogP contribution >= 0.6 is 0 Å². The number of anilines is 1. The Balaban J connectivity index is 0.927. The van der Waals surface area contributed by atoms with E-state index < -0.39 is 12.3 Å². The van der Waals surface area contributed by atoms with Gasteiger partial charge in [0.1, 0.15) is 19.4 Å². The first-order chi connectivity index (χ1) is 28.2. The van der Waals surface area contributed by atoms with Gasteiger partial charge in [0.2, 0.25) is 0 Å². The predicted molar refractivity (Wildman–Crippen MR) is 218 cm³/mol. The summed E-state index contributed by atoms with van der Waals surface area (Å²) < 4.78 is 24.1. The summed E-state index contributed by atoms with van der Waals surface area (Å²) in [4.78, 5) is 43.1. The van der Waals surface area contributed by atoms with Crippen LogP contribution in [0.1, 0.15) is 68.2 Å². The summed E-state index contributed by atoms with van der Waals surface area (Å²) in [5, 5.41) is 11.9. The molecule has 4 aliphatic rings. The molecule has 0 saturated carbocycles. The maximum atomic E-state index is 14.2. The third kappa shape index (κ3) is 6.66. The first kappa shape index (κ1) is 37.2. The molecule has 0 spiro atoms. The van der Waals surface area contributed by atoms with Crippen LogP contribution in [0.25, 0.3) is 0 Å². The lowest BCUT2D eigenvalue weighted by Gasteiger charge is -2.42. The summed E-state index contributed by atoms with van der Waals surface area (Å²) in [5.74, 6) is 1.42. The zero-order chi connectivity index (χ0) is 40.1. The Morgan fingerprint density at radius 3 is 1.90 bits per heavy atom. The number of fused-ring (bicyclic) bond motifs is 6. The molecular formula is C46H45N5O7. The second-order valence-corrected chi connectivity index (χ2v) is 15.4. The average molecular weight is 780 g/mol. The molecule has 2 amide bonds. The number of aliphatic hydroxyl groups excluding tert-OH is 1. The van der Waals surface area contributed by atoms with Gasteiger partial charge >= 0.3 is 0 Å². The molecule has 296 valence electrons. The molecule has 0 fully saturated rings. The first-order valence-electron chi connectivity index (χ1n) is 19.6. The number of carbonyl (C=O) groups is 2. The summed E-state index contributed by atoms with van der Waals surface area (Å²) in [7, 11) is 3.09. The minimum Gasteiger partial charge on any atom is -0.493 e. The van der Waals surface area contributed by atoms with Gasteiger partial charge in [0, 0.05) is 37.5 Å². The van der Waals surface area contributed by atoms with Crippen LogP contribution in [-0.2, 0) is 39.1 Å². The van der Waals surface area contributed by atoms with Crippen molar-refractivity contribution >= 4 is 29.4 Å². The number of aromatic nitrogens is 1. The van der Waals surface area contributed by atoms with Gasteiger partial charge in [-0.1, -0.05) is 54.6 Å². The van der Waals surface area contributed by atoms with E-state index in [9.17, 15) is 14.7 Å². The van der Waals surface area contributed by atoms with E-state index in [1.807, 2.05) is 78.4 Å². The van der Waals surface area contributed by atoms with E-state index in [1.165, 1.54) is 5.56 Å². The number of pyridine rings is 1. The summed E-state index contributed by atoms with van der Waals surface area (Å²) in [6.07, 6.45) is 2.17. The minimum absolute atomic E-state index is 0.0983. The lowest BCUT2D eigenvalue weighted by molar-refractivity contribution is 0.0292. The van der Waals surface area contributed by atoms with Crippen molar-refractivity contribution in [3.05, 3.63) is 136 Å². The number of rotatable bonds is 9. The van der Waals surface area contributed by atoms with Crippen molar-refractivity contribution in [1.82, 2.24) is 14.8 Å². The topological polar surface area (TPSA) is 126 Å². The summed E-state index contributed by atoms with van der Waals surface area (Å²) in [6, 6.07) is 28.1. The molecule has 1 unspecified atom stereocenters. The van der Waals surface area contributed by atoms with E-state index in [4.69, 9.17) is 28.9 Å². The normalized spacial score (nSPS) is 19.2. The van der Waals surface area contributed by atoms with Crippen molar-refractivity contribution < 1.29 is 33.6 Å². The number of amides is 2. The third-order valence-electron chi connectivity index (χ3n) is 11.6. The second-order valence-electron chi connectivity index (χ2n) is 15.4. The van der Waals surface area contributed by atoms with Crippen molar-refractivity contribution in [3.63, 3.8) is 0 Å². The second kappa shape index (κ2) is 15.2. The Morgan fingerprint density at radius 1 is 0.690 bits per heavy atom. The number of ether oxygens (including phenoxy) is 4. The van der Waals surface area contributed by atoms with Crippen LogP contribution in [0.5, 0.6) is 23.0 Å². The van der Waals surface area contributed by atoms with Crippen LogP contribution in [0.2, 0.25) is 0 Å². The molecule has 9 rings (SSSR count). The molecule has 3 atom stereocenters. The van der Waals surface area contributed by atoms with Crippen LogP contribution in [0.3, 0.4) is 0 Å². The van der Waals surface area contributed by atoms with Crippen molar-refractivity contribution in [2.75, 3.05) is 19.1 Å². The molecule has 0 radical (unpaired) electrons. The van der Waals surface area contributed by atoms with Gasteiger partial charge in [-0.2, -0.15) is 0 Å². The number of aliphatic imine (C=N–C) groups is 1. The fourth-order valence-electron chi connectivity index (χ4n) is 8.63. The van der Waals surface area contributed by atoms with E-state index in [2.05, 4.69) is 18.2 Å². The Morgan fingerprint density at radius 2 is 1.26 bits per heavy atom. The highest BCUT2D eigenvalue weighted by Gasteiger charge is 2.43. The molecule has 4 aliphatic heterocycles. The highest BCUT2D eigenvalue weighted by Crippen LogP contribution is 2.43. The number of hydrogen-bond acceptors (Lipinski definition) is 10. The summed E-state index contributed by atoms with van der Waals surface area (Å²) >= 11 is 0. The zero-order valence-corrected chi connectivity index (χ0v) is 32.9. The first-order valence-corrected chi connectivity index (χ1v) is 19.6. The van der Waals surface area contributed by atoms with Crippen molar-refractivity contribution in [1.29, 1.82) is 0 Å². The third-order valence-corrected chi connectivity index (χ3v) is 11.6. The number of benzene rings is 4. The van der Waals surface area contributed by atoms with E-state index in [-0.39, 0.29) is 37.1 Å². The molecule has 4 aromatic carbocycles. The Kier molecular flexibility index (Phi) is 9.72. The van der Waals surface area contributed by atoms with Crippen LogP contribution < -0.4 is 23.8 Å². The average Bonchev–Trinajstić information content (AvgIpc) is 3.42. The van der Waals surface area contributed by atoms with Gasteiger partial charge in [0.15, 0.2) is 23.0 Å². The van der Waals surface area contributed by atoms with Crippen molar-refractivity contribution in [3.8, 4) is 23.0 Å². The van der Waals surface area contributed by atoms with Crippen molar-refractivity contribution in [2.45, 2.75) is 77.3 Å². The maximum Gasteiger partial charge on any atom is 0.257 e. The number of nitrogens with zero attached hydrogens (tertiary/aromatic N) is 5. The molecule has 1 N–H and O–H groups in total. The molecule has 12 nitrogen and oxygen atoms in total. The number of methoxy groups -OCH3 is 2. The van der Waals surface area contributed by atoms with Crippen LogP contribution in [0, 0.1) is 0 Å². The summed E-state index contributed by atoms with van der Waals surface area (Å²) in [6.45, 7) is 5.16. The van der Waals surface area contributed by atoms with Gasteiger partial charge in [-0.05, 0) is 73.2 Å². The molecule has 1 aromatic heterocycles. The van der Waals surface area contributed by atoms with Gasteiger partial charge in [0.25, 0.3) is 11.8 Å². The highest BCUT2D eigenvalue weighted by molar-refractivity contribution is 6.04. The Hall–Kier alpha value is -6.40. The maximum absolute atomic E-state index is 14.2. The van der Waals surface area contributed by atoms with E-state index in [0.717, 1.165) is 16.7 Å². The quantitative estimate of drug-likeness (QED) is 0.175. The number of hydrogen-bond donors (Lipinski definition) is 1. The molecule has 0 saturated heterocycles. The largest absolute Gasteiger partial charge is 0.493 e. The molecule has 5 aromatic rings. The number of carbonyl (C=O) groups excluding carboxylic acids is 2. The van der Waals surface area contributed by atoms with Gasteiger partial charge in [-0.25, -0.2) is 0 Å². The fraction of sp³-hybridized carbons (Fsp3) is 0.304. The summed E-state index contributed by atoms with van der Waals surface area (Å²) in [5.41, 5.74) is 7.90. The zero-order valence-electron chi connectivity index (χ0n) is 32.9. The molecule has 12 heteroatoms. The van der Waals surface area contributed by atoms with Crippen LogP contribution in [-0.4, -0.2) is 76.5 Å². The van der Waals surface area contributed by atoms with Crippen LogP contribution in [0.4, 0.5) is 11.4 Å². The molecule has 0 aliphatic carbocycles. The highest BCUT2D eigenvalue weighted by atomic mass is 16.5. The van der Waals surface area contributed by atoms with E-state index in [1.54, 1.807) is 43.4 Å². The lowest BCUT2D eigenvalue weighted by atomic mass is 9.92. The van der Waals surface area contributed by atoms with Crippen molar-refractivity contribution in [2.24, 2.45) is 4.99 Å². The van der Waals surface area contributed by atoms with Gasteiger partial charge in [-0.15, -0.1) is 0 Å². The Labute approximate surface area is 337 Å². The molecule has 0 bridgehead atoms. The molecule has 5 heterocycles. The predicted octanol–water partition coefficient (Wildman–Crippen LogP) is 6.65. The fourth-order valence-corrected chi connectivity index (χ4v) is 8.63. The van der Waals surface area contributed by atoms with Gasteiger partial charge in [0.05, 0.1) is 60.2 Å². The monoisotopic (exact) mass is 779 g/mol. The minimum atomic E-state index is -0.941. The Bertz CT molecular complexity index is 2450. The standard InChI is InChI=1S/C46H45N5O7/c1-27(2)51-38-21-43(41(56-4)19-36(38)45(53)50-24-31-13-8-6-11-29(31)17-39(50)46(51)54)58-26-33-15-9-14-32(48-33)25-57-42-20-37-35(18-40(42)55-3)44(52)49-23-30-12-7-5-10-28(30)16-34(49)22-47-37/h5-15,18-22,27,34,39,46,54H,16-17,23-26H2,1-4H3/t34-,39-,46?/m0/s1. The number of aliphatic hydroxyl groups is 1. The van der Waals surface area contributed by atoms with E-state index >= 15 is 0 Å².